The Bertz CT molecular complexity index is 738. The first-order chi connectivity index (χ1) is 11.3. The monoisotopic (exact) mass is 395 g/mol. The van der Waals surface area contributed by atoms with Crippen LogP contribution in [0.4, 0.5) is 18.9 Å². The number of hydrogen-bond donors (Lipinski definition) is 2. The molecule has 2 rings (SSSR count). The summed E-state index contributed by atoms with van der Waals surface area (Å²) in [6.45, 7) is 0.994. The second kappa shape index (κ2) is 9.22. The van der Waals surface area contributed by atoms with Crippen molar-refractivity contribution in [2.75, 3.05) is 18.4 Å². The molecular weight excluding hydrogens is 378 g/mol. The number of benzene rings is 1. The number of nitrogens with zero attached hydrogens (tertiary/aromatic N) is 1. The van der Waals surface area contributed by atoms with E-state index < -0.39 is 17.5 Å². The fourth-order valence-corrected chi connectivity index (χ4v) is 2.51. The van der Waals surface area contributed by atoms with Gasteiger partial charge in [0.2, 0.25) is 0 Å². The second-order valence-electron chi connectivity index (χ2n) is 5.31. The normalized spacial score (nSPS) is 11.2. The molecule has 0 aliphatic rings. The minimum absolute atomic E-state index is 0. The summed E-state index contributed by atoms with van der Waals surface area (Å²) in [7, 11) is 0. The van der Waals surface area contributed by atoms with Gasteiger partial charge in [0.15, 0.2) is 0 Å². The van der Waals surface area contributed by atoms with E-state index in [1.165, 1.54) is 0 Å². The summed E-state index contributed by atoms with van der Waals surface area (Å²) < 4.78 is 38.5. The van der Waals surface area contributed by atoms with Crippen LogP contribution < -0.4 is 11.1 Å². The highest BCUT2D eigenvalue weighted by Gasteiger charge is 2.41. The maximum Gasteiger partial charge on any atom is 0.455 e. The number of pyridine rings is 1. The Balaban J connectivity index is 0.00000312. The van der Waals surface area contributed by atoms with E-state index in [4.69, 9.17) is 17.3 Å². The molecule has 138 valence electrons. The van der Waals surface area contributed by atoms with Crippen molar-refractivity contribution >= 4 is 46.4 Å². The molecule has 3 N–H and O–H groups in total. The van der Waals surface area contributed by atoms with Crippen LogP contribution in [0.25, 0.3) is 10.9 Å². The molecule has 25 heavy (non-hydrogen) atoms. The van der Waals surface area contributed by atoms with Gasteiger partial charge in [0.1, 0.15) is 0 Å². The molecule has 0 fully saturated rings. The number of rotatable bonds is 7. The average molecular weight is 396 g/mol. The number of halogens is 5. The Morgan fingerprint density at radius 1 is 1.24 bits per heavy atom. The predicted octanol–water partition coefficient (Wildman–Crippen LogP) is 4.60. The van der Waals surface area contributed by atoms with Crippen molar-refractivity contribution in [2.45, 2.75) is 25.4 Å². The zero-order chi connectivity index (χ0) is 17.7. The van der Waals surface area contributed by atoms with E-state index in [2.05, 4.69) is 10.3 Å². The molecule has 0 aliphatic heterocycles. The number of carbonyl (C=O) groups excluding carboxylic acids is 1. The zero-order valence-corrected chi connectivity index (χ0v) is 14.8. The maximum atomic E-state index is 12.8. The van der Waals surface area contributed by atoms with Crippen LogP contribution in [0, 0.1) is 0 Å². The molecule has 0 spiro atoms. The summed E-state index contributed by atoms with van der Waals surface area (Å²) in [5.41, 5.74) is 5.47. The lowest BCUT2D eigenvalue weighted by molar-refractivity contribution is -0.0884. The van der Waals surface area contributed by atoms with E-state index in [-0.39, 0.29) is 18.1 Å². The molecule has 0 radical (unpaired) electrons. The highest BCUT2D eigenvalue weighted by molar-refractivity contribution is 6.31. The highest BCUT2D eigenvalue weighted by Crippen LogP contribution is 2.32. The van der Waals surface area contributed by atoms with Crippen LogP contribution in [-0.2, 0) is 0 Å². The van der Waals surface area contributed by atoms with Crippen LogP contribution in [-0.4, -0.2) is 30.0 Å². The number of hydrogen-bond acceptors (Lipinski definition) is 4. The van der Waals surface area contributed by atoms with Gasteiger partial charge in [0.25, 0.3) is 5.78 Å². The second-order valence-corrected chi connectivity index (χ2v) is 5.75. The molecule has 0 unspecified atom stereocenters. The van der Waals surface area contributed by atoms with E-state index in [9.17, 15) is 18.0 Å². The standard InChI is InChI=1S/C16H17ClF3N3O.ClH/c17-10-4-5-11-13(8-10)23-9-12(15(24)16(18,19)20)14(11)22-7-3-1-2-6-21;/h4-5,8-9H,1-3,6-7,21H2,(H,22,23);1H. The van der Waals surface area contributed by atoms with Crippen molar-refractivity contribution in [1.82, 2.24) is 4.98 Å². The molecule has 0 amide bonds. The fourth-order valence-electron chi connectivity index (χ4n) is 2.34. The molecule has 0 atom stereocenters. The fraction of sp³-hybridized carbons (Fsp3) is 0.375. The average Bonchev–Trinajstić information content (AvgIpc) is 2.52. The molecule has 0 bridgehead atoms. The van der Waals surface area contributed by atoms with Gasteiger partial charge in [-0.2, -0.15) is 13.2 Å². The molecule has 1 aromatic carbocycles. The van der Waals surface area contributed by atoms with Crippen LogP contribution in [0.5, 0.6) is 0 Å². The number of aromatic nitrogens is 1. The molecule has 2 aromatic rings. The molecular formula is C16H18Cl2F3N3O. The van der Waals surface area contributed by atoms with Crippen LogP contribution in [0.1, 0.15) is 29.6 Å². The summed E-state index contributed by atoms with van der Waals surface area (Å²) in [6.07, 6.45) is -1.60. The number of ketones is 1. The van der Waals surface area contributed by atoms with E-state index >= 15 is 0 Å². The number of unbranched alkanes of at least 4 members (excludes halogenated alkanes) is 2. The molecule has 0 aliphatic carbocycles. The van der Waals surface area contributed by atoms with Gasteiger partial charge in [0.05, 0.1) is 16.8 Å². The summed E-state index contributed by atoms with van der Waals surface area (Å²) in [5, 5.41) is 3.78. The molecule has 9 heteroatoms. The van der Waals surface area contributed by atoms with Gasteiger partial charge in [-0.3, -0.25) is 9.78 Å². The summed E-state index contributed by atoms with van der Waals surface area (Å²) in [5.74, 6) is -1.92. The third kappa shape index (κ3) is 5.45. The van der Waals surface area contributed by atoms with E-state index in [0.29, 0.717) is 29.0 Å². The quantitative estimate of drug-likeness (QED) is 0.531. The van der Waals surface area contributed by atoms with Crippen LogP contribution in [0.2, 0.25) is 5.02 Å². The lowest BCUT2D eigenvalue weighted by Crippen LogP contribution is -2.24. The van der Waals surface area contributed by atoms with Crippen molar-refractivity contribution in [2.24, 2.45) is 5.73 Å². The Kier molecular flexibility index (Phi) is 7.92. The van der Waals surface area contributed by atoms with Crippen molar-refractivity contribution < 1.29 is 18.0 Å². The minimum Gasteiger partial charge on any atom is -0.384 e. The number of carbonyl (C=O) groups is 1. The predicted molar refractivity (Wildman–Crippen MR) is 95.8 cm³/mol. The largest absolute Gasteiger partial charge is 0.455 e. The molecule has 0 saturated heterocycles. The van der Waals surface area contributed by atoms with Gasteiger partial charge in [0, 0.05) is 23.2 Å². The van der Waals surface area contributed by atoms with Crippen molar-refractivity contribution in [3.63, 3.8) is 0 Å². The van der Waals surface area contributed by atoms with Crippen molar-refractivity contribution in [3.05, 3.63) is 35.0 Å². The lowest BCUT2D eigenvalue weighted by atomic mass is 10.1. The van der Waals surface area contributed by atoms with Gasteiger partial charge in [-0.1, -0.05) is 18.0 Å². The van der Waals surface area contributed by atoms with Gasteiger partial charge in [-0.15, -0.1) is 12.4 Å². The Morgan fingerprint density at radius 2 is 1.96 bits per heavy atom. The first-order valence-corrected chi connectivity index (χ1v) is 7.86. The van der Waals surface area contributed by atoms with E-state index in [1.807, 2.05) is 0 Å². The van der Waals surface area contributed by atoms with Gasteiger partial charge in [-0.25, -0.2) is 0 Å². The lowest BCUT2D eigenvalue weighted by Gasteiger charge is -2.15. The minimum atomic E-state index is -4.96. The molecule has 1 aromatic heterocycles. The first kappa shape index (κ1) is 21.5. The Morgan fingerprint density at radius 3 is 2.60 bits per heavy atom. The number of anilines is 1. The SMILES string of the molecule is Cl.NCCCCCNc1c(C(=O)C(F)(F)F)cnc2cc(Cl)ccc12. The van der Waals surface area contributed by atoms with Crippen LogP contribution >= 0.6 is 24.0 Å². The van der Waals surface area contributed by atoms with E-state index in [0.717, 1.165) is 25.5 Å². The Labute approximate surface area is 154 Å². The Hall–Kier alpha value is -1.57. The van der Waals surface area contributed by atoms with Gasteiger partial charge in [-0.05, 0) is 37.6 Å². The number of fused-ring (bicyclic) bond motifs is 1. The van der Waals surface area contributed by atoms with Crippen LogP contribution in [0.15, 0.2) is 24.4 Å². The molecule has 4 nitrogen and oxygen atoms in total. The van der Waals surface area contributed by atoms with Crippen molar-refractivity contribution in [3.8, 4) is 0 Å². The van der Waals surface area contributed by atoms with Gasteiger partial charge < -0.3 is 11.1 Å². The molecule has 1 heterocycles. The number of nitrogens with two attached hydrogens (primary N) is 1. The maximum absolute atomic E-state index is 12.8. The topological polar surface area (TPSA) is 68.0 Å². The summed E-state index contributed by atoms with van der Waals surface area (Å²) >= 11 is 5.89. The number of alkyl halides is 3. The number of Topliss-reactive ketones (excluding diaryl/α,β-unsaturated/α-hetero) is 1. The molecule has 0 saturated carbocycles. The van der Waals surface area contributed by atoms with Crippen LogP contribution in [0.3, 0.4) is 0 Å². The summed E-state index contributed by atoms with van der Waals surface area (Å²) in [6, 6.07) is 4.64. The third-order valence-corrected chi connectivity index (χ3v) is 3.75. The highest BCUT2D eigenvalue weighted by atomic mass is 35.5. The van der Waals surface area contributed by atoms with Gasteiger partial charge >= 0.3 is 6.18 Å². The van der Waals surface area contributed by atoms with E-state index in [1.54, 1.807) is 18.2 Å². The zero-order valence-electron chi connectivity index (χ0n) is 13.2. The number of nitrogens with one attached hydrogen (secondary N) is 1. The smallest absolute Gasteiger partial charge is 0.384 e. The van der Waals surface area contributed by atoms with Crippen molar-refractivity contribution in [1.29, 1.82) is 0 Å². The first-order valence-electron chi connectivity index (χ1n) is 7.48. The third-order valence-electron chi connectivity index (χ3n) is 3.52. The summed E-state index contributed by atoms with van der Waals surface area (Å²) in [4.78, 5) is 15.6.